The summed E-state index contributed by atoms with van der Waals surface area (Å²) in [5.74, 6) is 0.373. The fraction of sp³-hybridized carbons (Fsp3) is 0.818. The number of imide groups is 1. The molecule has 98 valence electrons. The highest BCUT2D eigenvalue weighted by molar-refractivity contribution is 5.95. The first-order valence-electron chi connectivity index (χ1n) is 6.10. The summed E-state index contributed by atoms with van der Waals surface area (Å²) in [6.45, 7) is 5.46. The second kappa shape index (κ2) is 7.24. The van der Waals surface area contributed by atoms with Crippen LogP contribution in [0.1, 0.15) is 13.3 Å². The molecule has 0 aromatic carbocycles. The van der Waals surface area contributed by atoms with Gasteiger partial charge in [-0.1, -0.05) is 0 Å². The number of amides is 3. The van der Waals surface area contributed by atoms with Crippen LogP contribution in [0.3, 0.4) is 0 Å². The molecular formula is C11H22N4O2. The van der Waals surface area contributed by atoms with Crippen molar-refractivity contribution in [1.82, 2.24) is 20.9 Å². The van der Waals surface area contributed by atoms with Gasteiger partial charge >= 0.3 is 6.03 Å². The highest BCUT2D eigenvalue weighted by Crippen LogP contribution is 2.14. The first kappa shape index (κ1) is 13.9. The zero-order chi connectivity index (χ0) is 12.7. The Morgan fingerprint density at radius 1 is 1.41 bits per heavy atom. The molecule has 0 radical (unpaired) electrons. The molecule has 0 aliphatic carbocycles. The standard InChI is InChI=1S/C11H22N4O2/c1-3-13-11(17)14-10(16)8-15-5-4-9(7-15)6-12-2/h9,12H,3-8H2,1-2H3,(H2,13,14,16,17). The van der Waals surface area contributed by atoms with Crippen LogP contribution in [0.15, 0.2) is 0 Å². The largest absolute Gasteiger partial charge is 0.338 e. The number of rotatable bonds is 5. The van der Waals surface area contributed by atoms with Crippen LogP contribution >= 0.6 is 0 Å². The second-order valence-corrected chi connectivity index (χ2v) is 4.36. The number of nitrogens with one attached hydrogen (secondary N) is 3. The maximum atomic E-state index is 11.5. The molecule has 17 heavy (non-hydrogen) atoms. The van der Waals surface area contributed by atoms with E-state index in [2.05, 4.69) is 20.9 Å². The van der Waals surface area contributed by atoms with Gasteiger partial charge in [0.15, 0.2) is 0 Å². The van der Waals surface area contributed by atoms with Crippen molar-refractivity contribution in [1.29, 1.82) is 0 Å². The summed E-state index contributed by atoms with van der Waals surface area (Å²) >= 11 is 0. The van der Waals surface area contributed by atoms with Crippen LogP contribution in [0, 0.1) is 5.92 Å². The number of hydrogen-bond donors (Lipinski definition) is 3. The van der Waals surface area contributed by atoms with Gasteiger partial charge in [-0.05, 0) is 39.4 Å². The van der Waals surface area contributed by atoms with E-state index in [0.29, 0.717) is 19.0 Å². The van der Waals surface area contributed by atoms with E-state index >= 15 is 0 Å². The van der Waals surface area contributed by atoms with Crippen LogP contribution in [0.4, 0.5) is 4.79 Å². The van der Waals surface area contributed by atoms with Crippen molar-refractivity contribution in [3.05, 3.63) is 0 Å². The molecule has 1 atom stereocenters. The van der Waals surface area contributed by atoms with Crippen LogP contribution in [0.25, 0.3) is 0 Å². The molecule has 0 aromatic heterocycles. The Labute approximate surface area is 102 Å². The molecule has 3 N–H and O–H groups in total. The average Bonchev–Trinajstić information content (AvgIpc) is 2.66. The fourth-order valence-corrected chi connectivity index (χ4v) is 2.09. The maximum Gasteiger partial charge on any atom is 0.321 e. The van der Waals surface area contributed by atoms with Crippen molar-refractivity contribution in [3.8, 4) is 0 Å². The third-order valence-corrected chi connectivity index (χ3v) is 2.82. The van der Waals surface area contributed by atoms with Gasteiger partial charge in [0.1, 0.15) is 0 Å². The minimum absolute atomic E-state index is 0.235. The molecule has 1 rings (SSSR count). The summed E-state index contributed by atoms with van der Waals surface area (Å²) in [4.78, 5) is 24.7. The van der Waals surface area contributed by atoms with Gasteiger partial charge in [0, 0.05) is 13.1 Å². The van der Waals surface area contributed by atoms with E-state index in [1.54, 1.807) is 0 Å². The molecule has 1 unspecified atom stereocenters. The highest BCUT2D eigenvalue weighted by atomic mass is 16.2. The number of carbonyl (C=O) groups is 2. The molecule has 1 aliphatic heterocycles. The van der Waals surface area contributed by atoms with Gasteiger partial charge in [-0.15, -0.1) is 0 Å². The van der Waals surface area contributed by atoms with E-state index in [-0.39, 0.29) is 5.91 Å². The minimum Gasteiger partial charge on any atom is -0.338 e. The second-order valence-electron chi connectivity index (χ2n) is 4.36. The van der Waals surface area contributed by atoms with Gasteiger partial charge in [0.2, 0.25) is 5.91 Å². The zero-order valence-electron chi connectivity index (χ0n) is 10.6. The van der Waals surface area contributed by atoms with Gasteiger partial charge in [0.25, 0.3) is 0 Å². The van der Waals surface area contributed by atoms with Gasteiger partial charge in [-0.2, -0.15) is 0 Å². The van der Waals surface area contributed by atoms with Crippen LogP contribution < -0.4 is 16.0 Å². The third kappa shape index (κ3) is 5.14. The topological polar surface area (TPSA) is 73.5 Å². The summed E-state index contributed by atoms with van der Waals surface area (Å²) in [6, 6.07) is -0.413. The van der Waals surface area contributed by atoms with Crippen LogP contribution in [0.5, 0.6) is 0 Å². The zero-order valence-corrected chi connectivity index (χ0v) is 10.6. The van der Waals surface area contributed by atoms with Crippen molar-refractivity contribution in [2.24, 2.45) is 5.92 Å². The smallest absolute Gasteiger partial charge is 0.321 e. The van der Waals surface area contributed by atoms with Crippen molar-refractivity contribution < 1.29 is 9.59 Å². The Hall–Kier alpha value is -1.14. The number of nitrogens with zero attached hydrogens (tertiary/aromatic N) is 1. The Morgan fingerprint density at radius 3 is 2.82 bits per heavy atom. The maximum absolute atomic E-state index is 11.5. The summed E-state index contributed by atoms with van der Waals surface area (Å²) in [6.07, 6.45) is 1.11. The molecule has 0 saturated carbocycles. The average molecular weight is 242 g/mol. The first-order valence-corrected chi connectivity index (χ1v) is 6.10. The van der Waals surface area contributed by atoms with Crippen molar-refractivity contribution in [3.63, 3.8) is 0 Å². The molecule has 1 fully saturated rings. The first-order chi connectivity index (χ1) is 8.15. The quantitative estimate of drug-likeness (QED) is 0.600. The molecule has 0 aromatic rings. The monoisotopic (exact) mass is 242 g/mol. The number of urea groups is 1. The lowest BCUT2D eigenvalue weighted by atomic mass is 10.1. The van der Waals surface area contributed by atoms with Crippen LogP contribution in [-0.4, -0.2) is 56.6 Å². The molecule has 0 spiro atoms. The van der Waals surface area contributed by atoms with Gasteiger partial charge in [0.05, 0.1) is 6.54 Å². The number of carbonyl (C=O) groups excluding carboxylic acids is 2. The Balaban J connectivity index is 2.21. The Kier molecular flexibility index (Phi) is 5.93. The summed E-state index contributed by atoms with van der Waals surface area (Å²) in [5, 5.41) is 7.98. The summed E-state index contributed by atoms with van der Waals surface area (Å²) < 4.78 is 0. The van der Waals surface area contributed by atoms with E-state index in [9.17, 15) is 9.59 Å². The van der Waals surface area contributed by atoms with Crippen molar-refractivity contribution in [2.45, 2.75) is 13.3 Å². The van der Waals surface area contributed by atoms with Gasteiger partial charge in [-0.25, -0.2) is 4.79 Å². The summed E-state index contributed by atoms with van der Waals surface area (Å²) in [5.41, 5.74) is 0. The predicted octanol–water partition coefficient (Wildman–Crippen LogP) is -0.627. The lowest BCUT2D eigenvalue weighted by molar-refractivity contribution is -0.120. The Morgan fingerprint density at radius 2 is 2.18 bits per heavy atom. The van der Waals surface area contributed by atoms with Gasteiger partial charge in [-0.3, -0.25) is 15.0 Å². The molecule has 3 amide bonds. The van der Waals surface area contributed by atoms with Crippen molar-refractivity contribution in [2.75, 3.05) is 39.8 Å². The van der Waals surface area contributed by atoms with Gasteiger partial charge < -0.3 is 10.6 Å². The molecule has 6 nitrogen and oxygen atoms in total. The van der Waals surface area contributed by atoms with E-state index in [1.165, 1.54) is 0 Å². The molecule has 1 aliphatic rings. The number of likely N-dealkylation sites (tertiary alicyclic amines) is 1. The molecule has 1 heterocycles. The Bertz CT molecular complexity index is 270. The third-order valence-electron chi connectivity index (χ3n) is 2.82. The molecule has 6 heteroatoms. The van der Waals surface area contributed by atoms with E-state index in [4.69, 9.17) is 0 Å². The van der Waals surface area contributed by atoms with Crippen LogP contribution in [0.2, 0.25) is 0 Å². The normalized spacial score (nSPS) is 20.2. The lowest BCUT2D eigenvalue weighted by Gasteiger charge is -2.15. The van der Waals surface area contributed by atoms with Crippen molar-refractivity contribution >= 4 is 11.9 Å². The van der Waals surface area contributed by atoms with Crippen LogP contribution in [-0.2, 0) is 4.79 Å². The lowest BCUT2D eigenvalue weighted by Crippen LogP contribution is -2.44. The SMILES string of the molecule is CCNC(=O)NC(=O)CN1CCC(CNC)C1. The predicted molar refractivity (Wildman–Crippen MR) is 65.7 cm³/mol. The highest BCUT2D eigenvalue weighted by Gasteiger charge is 2.23. The summed E-state index contributed by atoms with van der Waals surface area (Å²) in [7, 11) is 1.93. The molecule has 0 bridgehead atoms. The fourth-order valence-electron chi connectivity index (χ4n) is 2.09. The van der Waals surface area contributed by atoms with E-state index < -0.39 is 6.03 Å². The van der Waals surface area contributed by atoms with E-state index in [1.807, 2.05) is 14.0 Å². The molecule has 1 saturated heterocycles. The molecular weight excluding hydrogens is 220 g/mol. The van der Waals surface area contributed by atoms with E-state index in [0.717, 1.165) is 26.1 Å². The number of hydrogen-bond acceptors (Lipinski definition) is 4. The minimum atomic E-state index is -0.413.